The highest BCUT2D eigenvalue weighted by molar-refractivity contribution is 5.85. The molecule has 2 aromatic heterocycles. The fraction of sp³-hybridized carbons (Fsp3) is 0.364. The van der Waals surface area contributed by atoms with E-state index in [0.29, 0.717) is 6.54 Å². The number of fused-ring (bicyclic) bond motifs is 1. The number of benzene rings is 1. The van der Waals surface area contributed by atoms with Crippen LogP contribution in [0.25, 0.3) is 10.9 Å². The van der Waals surface area contributed by atoms with Gasteiger partial charge in [-0.05, 0) is 62.1 Å². The minimum Gasteiger partial charge on any atom is -0.358 e. The Balaban J connectivity index is 1.39. The molecule has 0 saturated carbocycles. The van der Waals surface area contributed by atoms with Crippen molar-refractivity contribution in [3.05, 3.63) is 59.4 Å². The Labute approximate surface area is 159 Å². The van der Waals surface area contributed by atoms with E-state index in [0.717, 1.165) is 42.8 Å². The van der Waals surface area contributed by atoms with Crippen molar-refractivity contribution in [2.75, 3.05) is 18.0 Å². The van der Waals surface area contributed by atoms with Crippen LogP contribution in [0, 0.1) is 19.8 Å². The summed E-state index contributed by atoms with van der Waals surface area (Å²) in [6.45, 7) is 6.48. The molecule has 0 bridgehead atoms. The molecule has 3 aromatic rings. The van der Waals surface area contributed by atoms with E-state index in [2.05, 4.69) is 52.2 Å². The van der Waals surface area contributed by atoms with Crippen LogP contribution < -0.4 is 10.2 Å². The maximum atomic E-state index is 12.7. The lowest BCUT2D eigenvalue weighted by atomic mass is 9.97. The van der Waals surface area contributed by atoms with Crippen LogP contribution in [0.4, 0.5) is 5.82 Å². The van der Waals surface area contributed by atoms with Crippen LogP contribution >= 0.6 is 0 Å². The van der Waals surface area contributed by atoms with Crippen LogP contribution in [0.15, 0.2) is 42.6 Å². The molecule has 1 aliphatic heterocycles. The molecule has 1 aliphatic rings. The third kappa shape index (κ3) is 3.68. The molecule has 1 saturated heterocycles. The van der Waals surface area contributed by atoms with Gasteiger partial charge in [0.05, 0.1) is 5.92 Å². The topological polar surface area (TPSA) is 61.0 Å². The summed E-state index contributed by atoms with van der Waals surface area (Å²) in [6.07, 6.45) is 3.76. The number of anilines is 1. The second kappa shape index (κ2) is 7.43. The van der Waals surface area contributed by atoms with Crippen LogP contribution in [0.1, 0.15) is 29.7 Å². The molecule has 1 fully saturated rings. The summed E-state index contributed by atoms with van der Waals surface area (Å²) >= 11 is 0. The van der Waals surface area contributed by atoms with Crippen molar-refractivity contribution in [2.45, 2.75) is 33.2 Å². The van der Waals surface area contributed by atoms with Crippen LogP contribution in [0.5, 0.6) is 0 Å². The summed E-state index contributed by atoms with van der Waals surface area (Å²) in [5, 5.41) is 4.37. The van der Waals surface area contributed by atoms with E-state index >= 15 is 0 Å². The van der Waals surface area contributed by atoms with Crippen molar-refractivity contribution in [3.63, 3.8) is 0 Å². The number of carbonyl (C=O) groups is 1. The first kappa shape index (κ1) is 17.6. The number of aryl methyl sites for hydroxylation is 2. The highest BCUT2D eigenvalue weighted by atomic mass is 16.1. The third-order valence-electron chi connectivity index (χ3n) is 5.60. The first-order valence-corrected chi connectivity index (χ1v) is 9.63. The van der Waals surface area contributed by atoms with Crippen LogP contribution in [-0.4, -0.2) is 29.0 Å². The molecule has 1 unspecified atom stereocenters. The maximum Gasteiger partial charge on any atom is 0.225 e. The molecule has 1 amide bonds. The number of aromatic nitrogens is 2. The molecule has 5 nitrogen and oxygen atoms in total. The molecule has 5 heteroatoms. The average molecular weight is 362 g/mol. The van der Waals surface area contributed by atoms with Crippen molar-refractivity contribution in [2.24, 2.45) is 5.92 Å². The molecule has 4 rings (SSSR count). The van der Waals surface area contributed by atoms with Gasteiger partial charge in [-0.3, -0.25) is 4.79 Å². The van der Waals surface area contributed by atoms with Gasteiger partial charge >= 0.3 is 0 Å². The van der Waals surface area contributed by atoms with Gasteiger partial charge in [-0.15, -0.1) is 0 Å². The second-order valence-corrected chi connectivity index (χ2v) is 7.45. The number of nitrogens with one attached hydrogen (secondary N) is 2. The molecule has 0 radical (unpaired) electrons. The number of hydrogen-bond donors (Lipinski definition) is 2. The zero-order chi connectivity index (χ0) is 18.8. The predicted molar refractivity (Wildman–Crippen MR) is 109 cm³/mol. The Kier molecular flexibility index (Phi) is 4.84. The van der Waals surface area contributed by atoms with Crippen molar-refractivity contribution in [1.29, 1.82) is 0 Å². The number of aromatic amines is 1. The van der Waals surface area contributed by atoms with Gasteiger partial charge in [0.25, 0.3) is 0 Å². The summed E-state index contributed by atoms with van der Waals surface area (Å²) in [6, 6.07) is 12.3. The molecule has 27 heavy (non-hydrogen) atoms. The number of hydrogen-bond acceptors (Lipinski definition) is 3. The molecular weight excluding hydrogens is 336 g/mol. The normalized spacial score (nSPS) is 17.3. The van der Waals surface area contributed by atoms with Gasteiger partial charge in [0.2, 0.25) is 5.91 Å². The average Bonchev–Trinajstić information content (AvgIpc) is 3.00. The maximum absolute atomic E-state index is 12.7. The van der Waals surface area contributed by atoms with Gasteiger partial charge in [-0.25, -0.2) is 4.98 Å². The Hall–Kier alpha value is -2.82. The number of nitrogens with zero attached hydrogens (tertiary/aromatic N) is 2. The first-order chi connectivity index (χ1) is 13.1. The van der Waals surface area contributed by atoms with E-state index in [9.17, 15) is 4.79 Å². The Bertz CT molecular complexity index is 948. The van der Waals surface area contributed by atoms with Crippen molar-refractivity contribution in [3.8, 4) is 0 Å². The van der Waals surface area contributed by atoms with Gasteiger partial charge in [0.15, 0.2) is 0 Å². The number of carbonyl (C=O) groups excluding carboxylic acids is 1. The van der Waals surface area contributed by atoms with Gasteiger partial charge in [0.1, 0.15) is 5.82 Å². The zero-order valence-corrected chi connectivity index (χ0v) is 16.0. The Morgan fingerprint density at radius 2 is 2.19 bits per heavy atom. The lowest BCUT2D eigenvalue weighted by Gasteiger charge is -2.32. The van der Waals surface area contributed by atoms with E-state index in [1.807, 2.05) is 18.2 Å². The van der Waals surface area contributed by atoms with E-state index in [-0.39, 0.29) is 11.8 Å². The fourth-order valence-corrected chi connectivity index (χ4v) is 3.89. The summed E-state index contributed by atoms with van der Waals surface area (Å²) in [7, 11) is 0. The minimum absolute atomic E-state index is 0.0146. The summed E-state index contributed by atoms with van der Waals surface area (Å²) in [4.78, 5) is 22.7. The summed E-state index contributed by atoms with van der Waals surface area (Å²) < 4.78 is 0. The number of amides is 1. The van der Waals surface area contributed by atoms with Crippen LogP contribution in [-0.2, 0) is 11.3 Å². The zero-order valence-electron chi connectivity index (χ0n) is 16.0. The molecule has 3 heterocycles. The largest absolute Gasteiger partial charge is 0.358 e. The standard InChI is InChI=1S/C22H26N4O/c1-15-16(2)25-20-9-8-17(12-19(15)20)13-24-22(27)18-6-5-11-26(14-18)21-7-3-4-10-23-21/h3-4,7-10,12,18,25H,5-6,11,13-14H2,1-2H3,(H,24,27). The van der Waals surface area contributed by atoms with E-state index in [4.69, 9.17) is 0 Å². The van der Waals surface area contributed by atoms with Crippen molar-refractivity contribution >= 4 is 22.6 Å². The van der Waals surface area contributed by atoms with E-state index in [1.54, 1.807) is 6.20 Å². The van der Waals surface area contributed by atoms with Gasteiger partial charge in [-0.2, -0.15) is 0 Å². The van der Waals surface area contributed by atoms with Crippen LogP contribution in [0.3, 0.4) is 0 Å². The van der Waals surface area contributed by atoms with E-state index in [1.165, 1.54) is 16.6 Å². The Morgan fingerprint density at radius 1 is 1.30 bits per heavy atom. The predicted octanol–water partition coefficient (Wildman–Crippen LogP) is 3.71. The van der Waals surface area contributed by atoms with Gasteiger partial charge in [-0.1, -0.05) is 12.1 Å². The fourth-order valence-electron chi connectivity index (χ4n) is 3.89. The van der Waals surface area contributed by atoms with Gasteiger partial charge < -0.3 is 15.2 Å². The Morgan fingerprint density at radius 3 is 3.00 bits per heavy atom. The van der Waals surface area contributed by atoms with Crippen LogP contribution in [0.2, 0.25) is 0 Å². The van der Waals surface area contributed by atoms with E-state index < -0.39 is 0 Å². The summed E-state index contributed by atoms with van der Waals surface area (Å²) in [5.41, 5.74) is 4.76. The molecule has 1 atom stereocenters. The highest BCUT2D eigenvalue weighted by Crippen LogP contribution is 2.23. The molecule has 140 valence electrons. The van der Waals surface area contributed by atoms with Crippen molar-refractivity contribution < 1.29 is 4.79 Å². The number of pyridine rings is 1. The minimum atomic E-state index is 0.0146. The second-order valence-electron chi connectivity index (χ2n) is 7.45. The monoisotopic (exact) mass is 362 g/mol. The lowest BCUT2D eigenvalue weighted by Crippen LogP contribution is -2.43. The van der Waals surface area contributed by atoms with Gasteiger partial charge in [0, 0.05) is 42.4 Å². The van der Waals surface area contributed by atoms with Crippen molar-refractivity contribution in [1.82, 2.24) is 15.3 Å². The number of rotatable bonds is 4. The summed E-state index contributed by atoms with van der Waals surface area (Å²) in [5.74, 6) is 1.11. The lowest BCUT2D eigenvalue weighted by molar-refractivity contribution is -0.125. The number of piperidine rings is 1. The third-order valence-corrected chi connectivity index (χ3v) is 5.60. The molecule has 0 aliphatic carbocycles. The number of H-pyrrole nitrogens is 1. The first-order valence-electron chi connectivity index (χ1n) is 9.63. The smallest absolute Gasteiger partial charge is 0.225 e. The molecule has 2 N–H and O–H groups in total. The highest BCUT2D eigenvalue weighted by Gasteiger charge is 2.26. The molecule has 0 spiro atoms. The SMILES string of the molecule is Cc1[nH]c2ccc(CNC(=O)C3CCCN(c4ccccn4)C3)cc2c1C. The molecule has 1 aromatic carbocycles. The quantitative estimate of drug-likeness (QED) is 0.744. The molecular formula is C22H26N4O.